The predicted molar refractivity (Wildman–Crippen MR) is 141 cm³/mol. The molecule has 182 valence electrons. The van der Waals surface area contributed by atoms with Crippen LogP contribution in [-0.2, 0) is 10.0 Å². The second kappa shape index (κ2) is 8.69. The maximum atomic E-state index is 13.7. The second-order valence-electron chi connectivity index (χ2n) is 9.10. The SMILES string of the molecule is Cc1ccc(-c2nnc3c4ccccc4c(C)nn23)cc1S(=O)(=O)N1CCN(c2ccccc2)CC1. The van der Waals surface area contributed by atoms with E-state index in [1.54, 1.807) is 14.9 Å². The zero-order valence-electron chi connectivity index (χ0n) is 20.2. The van der Waals surface area contributed by atoms with Gasteiger partial charge in [0.15, 0.2) is 11.5 Å². The summed E-state index contributed by atoms with van der Waals surface area (Å²) in [7, 11) is -3.68. The first-order chi connectivity index (χ1) is 17.4. The molecular weight excluding hydrogens is 472 g/mol. The molecule has 0 bridgehead atoms. The monoisotopic (exact) mass is 498 g/mol. The summed E-state index contributed by atoms with van der Waals surface area (Å²) in [6.07, 6.45) is 0. The topological polar surface area (TPSA) is 83.7 Å². The van der Waals surface area contributed by atoms with Crippen LogP contribution in [0, 0.1) is 13.8 Å². The Kier molecular flexibility index (Phi) is 5.46. The van der Waals surface area contributed by atoms with E-state index in [9.17, 15) is 8.42 Å². The number of piperazine rings is 1. The van der Waals surface area contributed by atoms with E-state index in [1.165, 1.54) is 0 Å². The Bertz CT molecular complexity index is 1690. The third kappa shape index (κ3) is 3.71. The van der Waals surface area contributed by atoms with Crippen molar-refractivity contribution in [3.8, 4) is 11.4 Å². The summed E-state index contributed by atoms with van der Waals surface area (Å²) >= 11 is 0. The molecule has 0 unspecified atom stereocenters. The number of hydrogen-bond acceptors (Lipinski definition) is 6. The highest BCUT2D eigenvalue weighted by Gasteiger charge is 2.30. The number of hydrogen-bond donors (Lipinski definition) is 0. The standard InChI is InChI=1S/C27H26N6O2S/c1-19-12-13-21(26-28-29-27-24-11-7-6-10-23(24)20(2)30-33(26)27)18-25(19)36(34,35)32-16-14-31(15-17-32)22-8-4-3-5-9-22/h3-13,18H,14-17H2,1-2H3. The number of nitrogens with zero attached hydrogens (tertiary/aromatic N) is 6. The second-order valence-corrected chi connectivity index (χ2v) is 11.0. The van der Waals surface area contributed by atoms with Crippen molar-refractivity contribution in [2.45, 2.75) is 18.7 Å². The lowest BCUT2D eigenvalue weighted by atomic mass is 10.1. The Morgan fingerprint density at radius 1 is 0.778 bits per heavy atom. The van der Waals surface area contributed by atoms with Crippen LogP contribution < -0.4 is 4.90 Å². The van der Waals surface area contributed by atoms with Gasteiger partial charge in [0.1, 0.15) is 0 Å². The van der Waals surface area contributed by atoms with Gasteiger partial charge in [-0.05, 0) is 37.6 Å². The molecule has 3 heterocycles. The number of rotatable bonds is 4. The fraction of sp³-hybridized carbons (Fsp3) is 0.222. The largest absolute Gasteiger partial charge is 0.369 e. The third-order valence-electron chi connectivity index (χ3n) is 6.87. The summed E-state index contributed by atoms with van der Waals surface area (Å²) in [6.45, 7) is 5.93. The van der Waals surface area contributed by atoms with Gasteiger partial charge in [-0.3, -0.25) is 0 Å². The van der Waals surface area contributed by atoms with E-state index in [0.29, 0.717) is 53.7 Å². The molecule has 9 heteroatoms. The molecule has 0 saturated carbocycles. The molecular formula is C27H26N6O2S. The first kappa shape index (κ1) is 22.6. The van der Waals surface area contributed by atoms with Crippen molar-refractivity contribution in [1.82, 2.24) is 24.1 Å². The molecule has 1 fully saturated rings. The molecule has 1 aliphatic rings. The lowest BCUT2D eigenvalue weighted by Gasteiger charge is -2.35. The Morgan fingerprint density at radius 3 is 2.22 bits per heavy atom. The van der Waals surface area contributed by atoms with Crippen LogP contribution in [-0.4, -0.2) is 58.7 Å². The van der Waals surface area contributed by atoms with Gasteiger partial charge >= 0.3 is 0 Å². The average molecular weight is 499 g/mol. The van der Waals surface area contributed by atoms with E-state index in [2.05, 4.69) is 27.2 Å². The maximum Gasteiger partial charge on any atom is 0.243 e. The molecule has 2 aromatic heterocycles. The lowest BCUT2D eigenvalue weighted by Crippen LogP contribution is -2.48. The Labute approximate surface area is 209 Å². The molecule has 6 rings (SSSR count). The summed E-state index contributed by atoms with van der Waals surface area (Å²) in [5, 5.41) is 15.5. The predicted octanol–water partition coefficient (Wildman–Crippen LogP) is 4.07. The van der Waals surface area contributed by atoms with Crippen molar-refractivity contribution < 1.29 is 8.42 Å². The summed E-state index contributed by atoms with van der Waals surface area (Å²) in [4.78, 5) is 2.51. The van der Waals surface area contributed by atoms with Crippen LogP contribution in [0.4, 0.5) is 5.69 Å². The summed E-state index contributed by atoms with van der Waals surface area (Å²) in [6, 6.07) is 23.5. The molecule has 0 amide bonds. The van der Waals surface area contributed by atoms with Gasteiger partial charge in [-0.15, -0.1) is 10.2 Å². The number of sulfonamides is 1. The number of para-hydroxylation sites is 1. The number of benzene rings is 3. The van der Waals surface area contributed by atoms with E-state index in [1.807, 2.05) is 68.4 Å². The average Bonchev–Trinajstić information content (AvgIpc) is 3.33. The van der Waals surface area contributed by atoms with Crippen LogP contribution in [0.25, 0.3) is 27.8 Å². The molecule has 0 N–H and O–H groups in total. The maximum absolute atomic E-state index is 13.7. The van der Waals surface area contributed by atoms with E-state index >= 15 is 0 Å². The molecule has 0 radical (unpaired) electrons. The van der Waals surface area contributed by atoms with Crippen molar-refractivity contribution in [1.29, 1.82) is 0 Å². The van der Waals surface area contributed by atoms with Crippen LogP contribution in [0.2, 0.25) is 0 Å². The molecule has 0 atom stereocenters. The smallest absolute Gasteiger partial charge is 0.243 e. The third-order valence-corrected chi connectivity index (χ3v) is 8.91. The number of fused-ring (bicyclic) bond motifs is 3. The van der Waals surface area contributed by atoms with Gasteiger partial charge in [0.2, 0.25) is 10.0 Å². The molecule has 8 nitrogen and oxygen atoms in total. The minimum absolute atomic E-state index is 0.294. The van der Waals surface area contributed by atoms with Gasteiger partial charge in [-0.1, -0.05) is 54.6 Å². The highest BCUT2D eigenvalue weighted by molar-refractivity contribution is 7.89. The van der Waals surface area contributed by atoms with Crippen LogP contribution >= 0.6 is 0 Å². The van der Waals surface area contributed by atoms with Crippen LogP contribution in [0.5, 0.6) is 0 Å². The van der Waals surface area contributed by atoms with E-state index in [4.69, 9.17) is 5.10 Å². The fourth-order valence-corrected chi connectivity index (χ4v) is 6.57. The van der Waals surface area contributed by atoms with Crippen molar-refractivity contribution in [2.24, 2.45) is 0 Å². The van der Waals surface area contributed by atoms with Crippen molar-refractivity contribution in [2.75, 3.05) is 31.1 Å². The van der Waals surface area contributed by atoms with Crippen LogP contribution in [0.1, 0.15) is 11.3 Å². The fourth-order valence-electron chi connectivity index (χ4n) is 4.90. The Balaban J connectivity index is 1.35. The van der Waals surface area contributed by atoms with Crippen molar-refractivity contribution in [3.05, 3.63) is 84.1 Å². The highest BCUT2D eigenvalue weighted by Crippen LogP contribution is 2.29. The van der Waals surface area contributed by atoms with Gasteiger partial charge in [-0.2, -0.15) is 13.9 Å². The minimum Gasteiger partial charge on any atom is -0.369 e. The number of aryl methyl sites for hydroxylation is 2. The zero-order chi connectivity index (χ0) is 24.9. The molecule has 0 spiro atoms. The van der Waals surface area contributed by atoms with Gasteiger partial charge in [0.05, 0.1) is 10.6 Å². The first-order valence-electron chi connectivity index (χ1n) is 12.0. The number of aromatic nitrogens is 4. The molecule has 1 saturated heterocycles. The summed E-state index contributed by atoms with van der Waals surface area (Å²) < 4.78 is 30.7. The molecule has 36 heavy (non-hydrogen) atoms. The van der Waals surface area contributed by atoms with E-state index in [-0.39, 0.29) is 0 Å². The van der Waals surface area contributed by atoms with E-state index < -0.39 is 10.0 Å². The summed E-state index contributed by atoms with van der Waals surface area (Å²) in [5.41, 5.74) is 3.98. The quantitative estimate of drug-likeness (QED) is 0.371. The van der Waals surface area contributed by atoms with Gasteiger partial charge in [0, 0.05) is 48.2 Å². The first-order valence-corrected chi connectivity index (χ1v) is 13.4. The van der Waals surface area contributed by atoms with Crippen LogP contribution in [0.15, 0.2) is 77.7 Å². The highest BCUT2D eigenvalue weighted by atomic mass is 32.2. The molecule has 3 aromatic carbocycles. The van der Waals surface area contributed by atoms with Crippen molar-refractivity contribution >= 4 is 32.1 Å². The normalized spacial score (nSPS) is 15.1. The lowest BCUT2D eigenvalue weighted by molar-refractivity contribution is 0.384. The molecule has 1 aliphatic heterocycles. The summed E-state index contributed by atoms with van der Waals surface area (Å²) in [5.74, 6) is 0.518. The minimum atomic E-state index is -3.68. The molecule has 0 aliphatic carbocycles. The zero-order valence-corrected chi connectivity index (χ0v) is 21.0. The van der Waals surface area contributed by atoms with E-state index in [0.717, 1.165) is 22.2 Å². The Hall–Kier alpha value is -3.82. The van der Waals surface area contributed by atoms with Crippen molar-refractivity contribution in [3.63, 3.8) is 0 Å². The molecule has 5 aromatic rings. The van der Waals surface area contributed by atoms with Gasteiger partial charge < -0.3 is 4.90 Å². The Morgan fingerprint density at radius 2 is 1.47 bits per heavy atom. The van der Waals surface area contributed by atoms with Gasteiger partial charge in [0.25, 0.3) is 0 Å². The van der Waals surface area contributed by atoms with Gasteiger partial charge in [-0.25, -0.2) is 8.42 Å². The number of anilines is 1. The van der Waals surface area contributed by atoms with Crippen LogP contribution in [0.3, 0.4) is 0 Å².